The van der Waals surface area contributed by atoms with Crippen molar-refractivity contribution in [1.82, 2.24) is 9.55 Å². The number of nitrogens with zero attached hydrogens (tertiary/aromatic N) is 1. The molecular formula is C26H46GeN2O10Si3. The van der Waals surface area contributed by atoms with E-state index < -0.39 is 59.5 Å². The molecule has 0 unspecified atom stereocenters. The van der Waals surface area contributed by atoms with Gasteiger partial charge in [-0.25, -0.2) is 0 Å². The van der Waals surface area contributed by atoms with Crippen molar-refractivity contribution in [1.29, 1.82) is 0 Å². The van der Waals surface area contributed by atoms with Gasteiger partial charge in [-0.2, -0.15) is 0 Å². The summed E-state index contributed by atoms with van der Waals surface area (Å²) >= 11 is 1.54. The molecule has 1 aromatic heterocycles. The fourth-order valence-electron chi connectivity index (χ4n) is 2.88. The van der Waals surface area contributed by atoms with Crippen molar-refractivity contribution in [3.63, 3.8) is 0 Å². The van der Waals surface area contributed by atoms with Gasteiger partial charge in [-0.15, -0.1) is 0 Å². The van der Waals surface area contributed by atoms with Crippen molar-refractivity contribution >= 4 is 66.6 Å². The van der Waals surface area contributed by atoms with Crippen LogP contribution in [0.3, 0.4) is 0 Å². The van der Waals surface area contributed by atoms with Crippen LogP contribution in [0.2, 0.25) is 64.2 Å². The number of Topliss-reactive ketones (excluding diaryl/α,β-unsaturated/α-hetero) is 1. The molecule has 1 aliphatic heterocycles. The number of rotatable bonds is 7. The van der Waals surface area contributed by atoms with Gasteiger partial charge in [-0.1, -0.05) is 58.9 Å². The van der Waals surface area contributed by atoms with E-state index in [0.29, 0.717) is 0 Å². The number of esters is 3. The van der Waals surface area contributed by atoms with Crippen LogP contribution in [0, 0.1) is 0 Å². The van der Waals surface area contributed by atoms with Crippen LogP contribution in [0.1, 0.15) is 37.4 Å². The molecule has 1 aliphatic rings. The van der Waals surface area contributed by atoms with E-state index in [4.69, 9.17) is 18.9 Å². The minimum absolute atomic E-state index is 0.00529. The van der Waals surface area contributed by atoms with E-state index in [9.17, 15) is 28.8 Å². The molecule has 6 radical (unpaired) electrons. The second-order valence-electron chi connectivity index (χ2n) is 10.8. The zero-order valence-electron chi connectivity index (χ0n) is 26.8. The first kappa shape index (κ1) is 42.0. The molecule has 0 spiro atoms. The number of ether oxygens (including phenoxy) is 4. The van der Waals surface area contributed by atoms with Crippen molar-refractivity contribution in [2.45, 2.75) is 109 Å². The molecule has 2 rings (SSSR count). The summed E-state index contributed by atoms with van der Waals surface area (Å²) in [4.78, 5) is 72.8. The van der Waals surface area contributed by atoms with Gasteiger partial charge < -0.3 is 0 Å². The van der Waals surface area contributed by atoms with E-state index in [-0.39, 0.29) is 43.8 Å². The second kappa shape index (κ2) is 21.6. The van der Waals surface area contributed by atoms with Crippen molar-refractivity contribution in [3.05, 3.63) is 32.6 Å². The third-order valence-corrected chi connectivity index (χ3v) is 4.72. The van der Waals surface area contributed by atoms with Crippen molar-refractivity contribution < 1.29 is 38.1 Å². The monoisotopic (exact) mass is 704 g/mol. The normalized spacial score (nSPS) is 19.0. The molecule has 236 valence electrons. The van der Waals surface area contributed by atoms with Crippen LogP contribution in [0.15, 0.2) is 15.8 Å². The number of nitrogens with one attached hydrogen (secondary N) is 1. The molecule has 0 amide bonds. The van der Waals surface area contributed by atoms with E-state index in [1.165, 1.54) is 16.5 Å². The van der Waals surface area contributed by atoms with Crippen LogP contribution in [-0.2, 0) is 33.3 Å². The smallest absolute Gasteiger partial charge is 0.0379 e. The first-order valence-corrected chi connectivity index (χ1v) is 23.7. The largest absolute Gasteiger partial charge is 0.0715 e. The summed E-state index contributed by atoms with van der Waals surface area (Å²) in [6.45, 7) is 23.4. The van der Waals surface area contributed by atoms with Gasteiger partial charge in [-0.3, -0.25) is 0 Å². The van der Waals surface area contributed by atoms with Crippen LogP contribution in [0.5, 0.6) is 0 Å². The van der Waals surface area contributed by atoms with Gasteiger partial charge in [0, 0.05) is 26.4 Å². The van der Waals surface area contributed by atoms with E-state index in [2.05, 4.69) is 58.9 Å². The molecule has 1 saturated heterocycles. The van der Waals surface area contributed by atoms with Gasteiger partial charge in [0.15, 0.2) is 0 Å². The van der Waals surface area contributed by atoms with E-state index in [1.807, 2.05) is 4.98 Å². The maximum atomic E-state index is 12.4. The number of carbonyl (C=O) groups excluding carboxylic acids is 4. The summed E-state index contributed by atoms with van der Waals surface area (Å²) in [7, 11) is 0.361. The number of ketones is 1. The van der Waals surface area contributed by atoms with Gasteiger partial charge in [-0.05, 0) is 0 Å². The Morgan fingerprint density at radius 3 is 1.64 bits per heavy atom. The minimum atomic E-state index is -1.37. The summed E-state index contributed by atoms with van der Waals surface area (Å²) in [5, 5.41) is 0.00529. The Balaban J connectivity index is 0. The standard InChI is InChI=1S/C17H19GeN2O10.3C3H9Si/c1-7(21)27-6-12-13(28-8(2)22)14(29-9(3)23)16(30-12)20-5-10(11(24)4-18)15(25)19-17(20)26;3*1-4(2)3/h5,12-14,16H,4,6H2,1-3H3,(H,19,25,26);3*1-3H3/t12-,13-,14+,16-;;;/m1.../s1. The molecule has 0 aromatic carbocycles. The van der Waals surface area contributed by atoms with Gasteiger partial charge in [0.2, 0.25) is 0 Å². The number of hydrogen-bond donors (Lipinski definition) is 1. The Morgan fingerprint density at radius 2 is 1.26 bits per heavy atom. The van der Waals surface area contributed by atoms with Crippen LogP contribution >= 0.6 is 0 Å². The van der Waals surface area contributed by atoms with E-state index in [1.54, 1.807) is 0 Å². The zero-order valence-corrected chi connectivity index (χ0v) is 31.9. The number of aromatic nitrogens is 2. The predicted molar refractivity (Wildman–Crippen MR) is 168 cm³/mol. The summed E-state index contributed by atoms with van der Waals surface area (Å²) in [5.41, 5.74) is -2.11. The first-order chi connectivity index (χ1) is 19.2. The molecule has 2 heterocycles. The average molecular weight is 704 g/mol. The first-order valence-electron chi connectivity index (χ1n) is 13.2. The third kappa shape index (κ3) is 18.5. The number of H-pyrrole nitrogens is 1. The Bertz CT molecular complexity index is 1100. The number of carbonyl (C=O) groups is 4. The van der Waals surface area contributed by atoms with E-state index >= 15 is 0 Å². The molecule has 12 nitrogen and oxygen atoms in total. The minimum Gasteiger partial charge on any atom is -0.0715 e. The molecule has 16 heteroatoms. The van der Waals surface area contributed by atoms with Gasteiger partial charge in [0.1, 0.15) is 0 Å². The summed E-state index contributed by atoms with van der Waals surface area (Å²) < 4.78 is 21.9. The Morgan fingerprint density at radius 1 is 0.833 bits per heavy atom. The summed E-state index contributed by atoms with van der Waals surface area (Å²) in [6.07, 6.45) is -4.00. The van der Waals surface area contributed by atoms with Gasteiger partial charge in [0.05, 0.1) is 0 Å². The van der Waals surface area contributed by atoms with Crippen LogP contribution in [0.4, 0.5) is 0 Å². The molecule has 0 aliphatic carbocycles. The number of aromatic amines is 1. The summed E-state index contributed by atoms with van der Waals surface area (Å²) in [5.74, 6) is -2.66. The maximum absolute atomic E-state index is 12.4. The Hall–Kier alpha value is -2.09. The summed E-state index contributed by atoms with van der Waals surface area (Å²) in [6, 6.07) is 0. The molecular weight excluding hydrogens is 657 g/mol. The fraction of sp³-hybridized carbons (Fsp3) is 0.692. The Labute approximate surface area is 262 Å². The Kier molecular flexibility index (Phi) is 21.6. The fourth-order valence-corrected chi connectivity index (χ4v) is 3.28. The van der Waals surface area contributed by atoms with Crippen molar-refractivity contribution in [3.8, 4) is 0 Å². The molecule has 42 heavy (non-hydrogen) atoms. The van der Waals surface area contributed by atoms with Crippen molar-refractivity contribution in [2.75, 3.05) is 6.61 Å². The van der Waals surface area contributed by atoms with Gasteiger partial charge in [0.25, 0.3) is 0 Å². The quantitative estimate of drug-likeness (QED) is 0.194. The van der Waals surface area contributed by atoms with Crippen molar-refractivity contribution in [2.24, 2.45) is 0 Å². The van der Waals surface area contributed by atoms with Gasteiger partial charge >= 0.3 is 178 Å². The second-order valence-corrected chi connectivity index (χ2v) is 20.6. The third-order valence-electron chi connectivity index (χ3n) is 4.04. The van der Waals surface area contributed by atoms with Crippen LogP contribution in [-0.4, -0.2) is 101 Å². The predicted octanol–water partition coefficient (Wildman–Crippen LogP) is 2.74. The average Bonchev–Trinajstić information content (AvgIpc) is 3.11. The molecule has 0 bridgehead atoms. The molecule has 1 N–H and O–H groups in total. The molecule has 4 atom stereocenters. The zero-order chi connectivity index (χ0) is 33.3. The topological polar surface area (TPSA) is 160 Å². The molecule has 0 saturated carbocycles. The van der Waals surface area contributed by atoms with E-state index in [0.717, 1.165) is 31.5 Å². The molecule has 1 aromatic rings. The molecule has 1 fully saturated rings. The SMILES string of the molecule is CC(=O)OC[C@H]1O[C@@H](n2cc(C(=O)[CH2][Ge])c(=O)[nH]c2=O)[C@@H](OC(C)=O)[C@@H]1OC(C)=O.C[Si](C)C.C[Si](C)C.C[Si](C)C. The maximum Gasteiger partial charge on any atom is 0.0379 e. The van der Waals surface area contributed by atoms with Crippen LogP contribution in [0.25, 0.3) is 0 Å². The number of hydrogen-bond acceptors (Lipinski definition) is 10. The van der Waals surface area contributed by atoms with Crippen LogP contribution < -0.4 is 11.2 Å².